The number of nitrogens with zero attached hydrogens (tertiary/aromatic N) is 1. The number of carbonyl (C=O) groups excluding carboxylic acids is 1. The molecule has 2 amide bonds. The molecule has 0 atom stereocenters. The highest BCUT2D eigenvalue weighted by atomic mass is 35.5. The number of nitrogens with one attached hydrogen (secondary N) is 2. The first-order valence-electron chi connectivity index (χ1n) is 8.00. The SMILES string of the molecule is O=C(Nc1cccc(Cl)c1)N1CC[NH+](Cc2ccc(F)cc2)CC1. The summed E-state index contributed by atoms with van der Waals surface area (Å²) in [6, 6.07) is 13.7. The minimum Gasteiger partial charge on any atom is -0.328 e. The molecule has 1 aliphatic rings. The molecule has 2 aromatic rings. The molecule has 4 nitrogen and oxygen atoms in total. The summed E-state index contributed by atoms with van der Waals surface area (Å²) in [6.07, 6.45) is 0. The second-order valence-electron chi connectivity index (χ2n) is 5.98. The molecule has 3 rings (SSSR count). The highest BCUT2D eigenvalue weighted by Crippen LogP contribution is 2.15. The van der Waals surface area contributed by atoms with Gasteiger partial charge in [-0.2, -0.15) is 0 Å². The van der Waals surface area contributed by atoms with Gasteiger partial charge in [-0.15, -0.1) is 0 Å². The fourth-order valence-corrected chi connectivity index (χ4v) is 3.05. The lowest BCUT2D eigenvalue weighted by molar-refractivity contribution is -0.917. The summed E-state index contributed by atoms with van der Waals surface area (Å²) in [6.45, 7) is 4.00. The van der Waals surface area contributed by atoms with E-state index < -0.39 is 0 Å². The molecule has 1 fully saturated rings. The number of amides is 2. The van der Waals surface area contributed by atoms with Crippen LogP contribution in [0.25, 0.3) is 0 Å². The second-order valence-corrected chi connectivity index (χ2v) is 6.42. The van der Waals surface area contributed by atoms with Gasteiger partial charge in [-0.25, -0.2) is 9.18 Å². The first-order valence-corrected chi connectivity index (χ1v) is 8.37. The molecule has 1 saturated heterocycles. The van der Waals surface area contributed by atoms with Crippen molar-refractivity contribution >= 4 is 23.3 Å². The summed E-state index contributed by atoms with van der Waals surface area (Å²) in [5, 5.41) is 3.47. The standard InChI is InChI=1S/C18H19ClFN3O/c19-15-2-1-3-17(12-15)21-18(24)23-10-8-22(9-11-23)13-14-4-6-16(20)7-5-14/h1-7,12H,8-11,13H2,(H,21,24)/p+1. The summed E-state index contributed by atoms with van der Waals surface area (Å²) in [4.78, 5) is 15.5. The van der Waals surface area contributed by atoms with Crippen molar-refractivity contribution in [1.82, 2.24) is 4.90 Å². The van der Waals surface area contributed by atoms with Crippen LogP contribution in [0.5, 0.6) is 0 Å². The normalized spacial score (nSPS) is 15.3. The number of hydrogen-bond acceptors (Lipinski definition) is 1. The van der Waals surface area contributed by atoms with Gasteiger partial charge in [0.05, 0.1) is 26.2 Å². The van der Waals surface area contributed by atoms with Crippen LogP contribution < -0.4 is 10.2 Å². The lowest BCUT2D eigenvalue weighted by Gasteiger charge is -2.32. The Bertz CT molecular complexity index is 700. The van der Waals surface area contributed by atoms with Crippen LogP contribution in [0.3, 0.4) is 0 Å². The molecule has 2 N–H and O–H groups in total. The van der Waals surface area contributed by atoms with Gasteiger partial charge in [0.2, 0.25) is 0 Å². The fraction of sp³-hybridized carbons (Fsp3) is 0.278. The van der Waals surface area contributed by atoms with E-state index in [2.05, 4.69) is 5.32 Å². The van der Waals surface area contributed by atoms with Gasteiger partial charge in [-0.1, -0.05) is 29.8 Å². The quantitative estimate of drug-likeness (QED) is 0.878. The van der Waals surface area contributed by atoms with E-state index in [1.165, 1.54) is 17.0 Å². The van der Waals surface area contributed by atoms with E-state index in [1.807, 2.05) is 29.2 Å². The number of anilines is 1. The van der Waals surface area contributed by atoms with Crippen molar-refractivity contribution in [3.05, 3.63) is 64.9 Å². The van der Waals surface area contributed by atoms with Gasteiger partial charge in [0.15, 0.2) is 0 Å². The van der Waals surface area contributed by atoms with Crippen molar-refractivity contribution in [3.8, 4) is 0 Å². The molecule has 0 spiro atoms. The average Bonchev–Trinajstić information content (AvgIpc) is 2.57. The van der Waals surface area contributed by atoms with Crippen LogP contribution in [-0.4, -0.2) is 37.1 Å². The summed E-state index contributed by atoms with van der Waals surface area (Å²) in [5.74, 6) is -0.212. The molecule has 1 aliphatic heterocycles. The molecule has 6 heteroatoms. The van der Waals surface area contributed by atoms with E-state index in [0.29, 0.717) is 23.8 Å². The number of piperazine rings is 1. The number of halogens is 2. The first-order chi connectivity index (χ1) is 11.6. The number of hydrogen-bond donors (Lipinski definition) is 2. The lowest BCUT2D eigenvalue weighted by Crippen LogP contribution is -3.13. The summed E-state index contributed by atoms with van der Waals surface area (Å²) in [7, 11) is 0. The minimum atomic E-state index is -0.212. The smallest absolute Gasteiger partial charge is 0.322 e. The largest absolute Gasteiger partial charge is 0.328 e. The third-order valence-corrected chi connectivity index (χ3v) is 4.44. The Balaban J connectivity index is 1.49. The zero-order valence-corrected chi connectivity index (χ0v) is 14.0. The maximum atomic E-state index is 12.9. The van der Waals surface area contributed by atoms with E-state index in [4.69, 9.17) is 11.6 Å². The van der Waals surface area contributed by atoms with Gasteiger partial charge in [-0.3, -0.25) is 0 Å². The highest BCUT2D eigenvalue weighted by molar-refractivity contribution is 6.30. The Morgan fingerprint density at radius 3 is 2.54 bits per heavy atom. The van der Waals surface area contributed by atoms with Crippen molar-refractivity contribution in [2.45, 2.75) is 6.54 Å². The maximum Gasteiger partial charge on any atom is 0.322 e. The Morgan fingerprint density at radius 2 is 1.88 bits per heavy atom. The third kappa shape index (κ3) is 4.46. The lowest BCUT2D eigenvalue weighted by atomic mass is 10.2. The predicted molar refractivity (Wildman–Crippen MR) is 92.8 cm³/mol. The molecular formula is C18H20ClFN3O+. The molecule has 0 saturated carbocycles. The molecular weight excluding hydrogens is 329 g/mol. The number of benzene rings is 2. The number of rotatable bonds is 3. The van der Waals surface area contributed by atoms with Crippen molar-refractivity contribution in [2.75, 3.05) is 31.5 Å². The van der Waals surface area contributed by atoms with E-state index >= 15 is 0 Å². The molecule has 126 valence electrons. The van der Waals surface area contributed by atoms with Crippen LogP contribution in [0.15, 0.2) is 48.5 Å². The topological polar surface area (TPSA) is 36.8 Å². The van der Waals surface area contributed by atoms with Gasteiger partial charge in [0.25, 0.3) is 0 Å². The van der Waals surface area contributed by atoms with E-state index in [0.717, 1.165) is 25.2 Å². The van der Waals surface area contributed by atoms with Crippen LogP contribution >= 0.6 is 11.6 Å². The van der Waals surface area contributed by atoms with E-state index in [9.17, 15) is 9.18 Å². The molecule has 1 heterocycles. The van der Waals surface area contributed by atoms with Gasteiger partial charge in [-0.05, 0) is 30.3 Å². The van der Waals surface area contributed by atoms with E-state index in [1.54, 1.807) is 12.1 Å². The molecule has 0 radical (unpaired) electrons. The maximum absolute atomic E-state index is 12.9. The highest BCUT2D eigenvalue weighted by Gasteiger charge is 2.23. The van der Waals surface area contributed by atoms with Crippen molar-refractivity contribution in [3.63, 3.8) is 0 Å². The zero-order chi connectivity index (χ0) is 16.9. The van der Waals surface area contributed by atoms with Crippen LogP contribution in [-0.2, 0) is 6.54 Å². The average molecular weight is 349 g/mol. The number of urea groups is 1. The molecule has 0 aromatic heterocycles. The molecule has 2 aromatic carbocycles. The molecule has 24 heavy (non-hydrogen) atoms. The summed E-state index contributed by atoms with van der Waals surface area (Å²) in [5.41, 5.74) is 1.82. The van der Waals surface area contributed by atoms with Crippen LogP contribution in [0.4, 0.5) is 14.9 Å². The van der Waals surface area contributed by atoms with Gasteiger partial charge < -0.3 is 15.1 Å². The van der Waals surface area contributed by atoms with Crippen LogP contribution in [0, 0.1) is 5.82 Å². The minimum absolute atomic E-state index is 0.0990. The van der Waals surface area contributed by atoms with Crippen molar-refractivity contribution < 1.29 is 14.1 Å². The van der Waals surface area contributed by atoms with Crippen LogP contribution in [0.2, 0.25) is 5.02 Å². The molecule has 0 aliphatic carbocycles. The fourth-order valence-electron chi connectivity index (χ4n) is 2.86. The predicted octanol–water partition coefficient (Wildman–Crippen LogP) is 2.41. The Morgan fingerprint density at radius 1 is 1.17 bits per heavy atom. The monoisotopic (exact) mass is 348 g/mol. The third-order valence-electron chi connectivity index (χ3n) is 4.20. The second kappa shape index (κ2) is 7.64. The van der Waals surface area contributed by atoms with Gasteiger partial charge in [0.1, 0.15) is 12.4 Å². The van der Waals surface area contributed by atoms with Gasteiger partial charge in [0, 0.05) is 16.3 Å². The first kappa shape index (κ1) is 16.7. The zero-order valence-electron chi connectivity index (χ0n) is 13.3. The van der Waals surface area contributed by atoms with E-state index in [-0.39, 0.29) is 11.8 Å². The van der Waals surface area contributed by atoms with Gasteiger partial charge >= 0.3 is 6.03 Å². The Hall–Kier alpha value is -2.11. The Labute approximate surface area is 145 Å². The Kier molecular flexibility index (Phi) is 5.33. The number of quaternary nitrogens is 1. The van der Waals surface area contributed by atoms with Crippen molar-refractivity contribution in [1.29, 1.82) is 0 Å². The van der Waals surface area contributed by atoms with Crippen LogP contribution in [0.1, 0.15) is 5.56 Å². The molecule has 0 unspecified atom stereocenters. The number of carbonyl (C=O) groups is 1. The summed E-state index contributed by atoms with van der Waals surface area (Å²) < 4.78 is 12.9. The summed E-state index contributed by atoms with van der Waals surface area (Å²) >= 11 is 5.93. The van der Waals surface area contributed by atoms with Crippen molar-refractivity contribution in [2.24, 2.45) is 0 Å². The molecule has 0 bridgehead atoms.